The Labute approximate surface area is 215 Å². The number of carbonyl (C=O) groups excluding carboxylic acids is 1. The normalized spacial score (nSPS) is 15.5. The van der Waals surface area contributed by atoms with Crippen molar-refractivity contribution in [3.05, 3.63) is 102 Å². The summed E-state index contributed by atoms with van der Waals surface area (Å²) in [4.78, 5) is 19.8. The highest BCUT2D eigenvalue weighted by Crippen LogP contribution is 2.38. The van der Waals surface area contributed by atoms with Crippen molar-refractivity contribution in [2.24, 2.45) is 0 Å². The summed E-state index contributed by atoms with van der Waals surface area (Å²) in [5, 5.41) is 7.36. The summed E-state index contributed by atoms with van der Waals surface area (Å²) in [5.74, 6) is 2.36. The van der Waals surface area contributed by atoms with Crippen molar-refractivity contribution in [3.8, 4) is 22.9 Å². The molecule has 1 aliphatic rings. The Bertz CT molecular complexity index is 1400. The molecule has 0 aliphatic carbocycles. The van der Waals surface area contributed by atoms with E-state index in [0.29, 0.717) is 24.9 Å². The van der Waals surface area contributed by atoms with Crippen LogP contribution < -0.4 is 14.8 Å². The quantitative estimate of drug-likeness (QED) is 0.330. The van der Waals surface area contributed by atoms with Gasteiger partial charge in [0.15, 0.2) is 0 Å². The number of nitrogens with one attached hydrogen (secondary N) is 1. The molecule has 37 heavy (non-hydrogen) atoms. The zero-order chi connectivity index (χ0) is 25.8. The molecular weight excluding hydrogens is 468 g/mol. The van der Waals surface area contributed by atoms with Gasteiger partial charge < -0.3 is 19.3 Å². The zero-order valence-corrected chi connectivity index (χ0v) is 21.0. The highest BCUT2D eigenvalue weighted by Gasteiger charge is 2.35. The number of nitrogens with zero attached hydrogens (tertiary/aromatic N) is 3. The molecule has 3 aromatic carbocycles. The van der Waals surface area contributed by atoms with E-state index < -0.39 is 6.04 Å². The predicted octanol–water partition coefficient (Wildman–Crippen LogP) is 5.84. The van der Waals surface area contributed by atoms with E-state index >= 15 is 0 Å². The monoisotopic (exact) mass is 496 g/mol. The average molecular weight is 497 g/mol. The molecule has 5 rings (SSSR count). The highest BCUT2D eigenvalue weighted by atomic mass is 16.5. The van der Waals surface area contributed by atoms with Gasteiger partial charge in [-0.05, 0) is 49.2 Å². The predicted molar refractivity (Wildman–Crippen MR) is 140 cm³/mol. The van der Waals surface area contributed by atoms with Crippen molar-refractivity contribution in [3.63, 3.8) is 0 Å². The smallest absolute Gasteiger partial charge is 0.322 e. The Kier molecular flexibility index (Phi) is 6.89. The molecule has 1 unspecified atom stereocenters. The number of aromatic nitrogens is 2. The van der Waals surface area contributed by atoms with Crippen LogP contribution >= 0.6 is 0 Å². The highest BCUT2D eigenvalue weighted by molar-refractivity contribution is 5.87. The molecule has 0 saturated heterocycles. The largest absolute Gasteiger partial charge is 0.497 e. The van der Waals surface area contributed by atoms with E-state index in [1.807, 2.05) is 92.7 Å². The third-order valence-corrected chi connectivity index (χ3v) is 6.31. The maximum atomic E-state index is 13.4. The van der Waals surface area contributed by atoms with Gasteiger partial charge in [0.25, 0.3) is 5.89 Å². The van der Waals surface area contributed by atoms with Crippen LogP contribution in [0.3, 0.4) is 0 Å². The fourth-order valence-electron chi connectivity index (χ4n) is 4.37. The minimum absolute atomic E-state index is 0.209. The number of rotatable bonds is 8. The van der Waals surface area contributed by atoms with Gasteiger partial charge in [0, 0.05) is 11.3 Å². The van der Waals surface area contributed by atoms with E-state index in [2.05, 4.69) is 10.5 Å². The Morgan fingerprint density at radius 2 is 1.68 bits per heavy atom. The molecule has 1 aromatic heterocycles. The average Bonchev–Trinajstić information content (AvgIpc) is 3.42. The maximum Gasteiger partial charge on any atom is 0.322 e. The van der Waals surface area contributed by atoms with E-state index in [4.69, 9.17) is 19.0 Å². The molecule has 8 nitrogen and oxygen atoms in total. The van der Waals surface area contributed by atoms with Gasteiger partial charge in [-0.3, -0.25) is 4.90 Å². The number of allylic oxidation sites excluding steroid dienone is 1. The van der Waals surface area contributed by atoms with Crippen molar-refractivity contribution in [2.75, 3.05) is 13.7 Å². The summed E-state index contributed by atoms with van der Waals surface area (Å²) in [6.45, 7) is 4.83. The van der Waals surface area contributed by atoms with Crippen LogP contribution in [0.2, 0.25) is 0 Å². The van der Waals surface area contributed by atoms with Crippen molar-refractivity contribution >= 4 is 11.6 Å². The number of hydrogen-bond acceptors (Lipinski definition) is 6. The Morgan fingerprint density at radius 1 is 0.973 bits per heavy atom. The van der Waals surface area contributed by atoms with Crippen molar-refractivity contribution in [2.45, 2.75) is 26.4 Å². The minimum atomic E-state index is -0.473. The fourth-order valence-corrected chi connectivity index (χ4v) is 4.37. The number of urea groups is 1. The molecule has 1 N–H and O–H groups in total. The summed E-state index contributed by atoms with van der Waals surface area (Å²) in [6.07, 6.45) is 0. The second-order valence-corrected chi connectivity index (χ2v) is 8.61. The lowest BCUT2D eigenvalue weighted by Crippen LogP contribution is -2.45. The third kappa shape index (κ3) is 5.04. The van der Waals surface area contributed by atoms with Crippen LogP contribution in [0.15, 0.2) is 89.1 Å². The summed E-state index contributed by atoms with van der Waals surface area (Å²) in [5.41, 5.74) is 4.18. The SMILES string of the molecule is CCOc1ccc(CN2C(=O)NC(c3ccc(OC)cc3)C(c3nc(-c4ccccc4)no3)=C2C)cc1. The van der Waals surface area contributed by atoms with E-state index in [9.17, 15) is 4.79 Å². The van der Waals surface area contributed by atoms with Crippen LogP contribution in [-0.2, 0) is 6.54 Å². The minimum Gasteiger partial charge on any atom is -0.497 e. The molecule has 0 saturated carbocycles. The lowest BCUT2D eigenvalue weighted by molar-refractivity contribution is 0.203. The van der Waals surface area contributed by atoms with Gasteiger partial charge in [-0.1, -0.05) is 59.8 Å². The number of amides is 2. The van der Waals surface area contributed by atoms with Gasteiger partial charge in [0.1, 0.15) is 11.5 Å². The van der Waals surface area contributed by atoms with E-state index in [-0.39, 0.29) is 6.03 Å². The first-order valence-corrected chi connectivity index (χ1v) is 12.1. The zero-order valence-electron chi connectivity index (χ0n) is 21.0. The molecule has 0 bridgehead atoms. The first kappa shape index (κ1) is 24.1. The number of carbonyl (C=O) groups is 1. The second-order valence-electron chi connectivity index (χ2n) is 8.61. The van der Waals surface area contributed by atoms with E-state index in [1.54, 1.807) is 12.0 Å². The first-order valence-electron chi connectivity index (χ1n) is 12.1. The van der Waals surface area contributed by atoms with Gasteiger partial charge in [0.05, 0.1) is 31.9 Å². The maximum absolute atomic E-state index is 13.4. The van der Waals surface area contributed by atoms with Gasteiger partial charge in [-0.15, -0.1) is 0 Å². The van der Waals surface area contributed by atoms with Gasteiger partial charge >= 0.3 is 6.03 Å². The van der Waals surface area contributed by atoms with Crippen LogP contribution in [0.4, 0.5) is 4.79 Å². The Hall–Kier alpha value is -4.59. The van der Waals surface area contributed by atoms with Crippen molar-refractivity contribution < 1.29 is 18.8 Å². The Balaban J connectivity index is 1.54. The molecule has 8 heteroatoms. The summed E-state index contributed by atoms with van der Waals surface area (Å²) in [6, 6.07) is 24.3. The van der Waals surface area contributed by atoms with Gasteiger partial charge in [0.2, 0.25) is 5.82 Å². The molecule has 0 spiro atoms. The van der Waals surface area contributed by atoms with Gasteiger partial charge in [-0.25, -0.2) is 4.79 Å². The van der Waals surface area contributed by atoms with Crippen LogP contribution in [0.1, 0.15) is 36.9 Å². The lowest BCUT2D eigenvalue weighted by atomic mass is 9.94. The molecule has 2 heterocycles. The number of benzene rings is 3. The van der Waals surface area contributed by atoms with Crippen molar-refractivity contribution in [1.82, 2.24) is 20.4 Å². The molecule has 0 radical (unpaired) electrons. The second kappa shape index (κ2) is 10.6. The molecule has 4 aromatic rings. The van der Waals surface area contributed by atoms with Crippen molar-refractivity contribution in [1.29, 1.82) is 0 Å². The number of ether oxygens (including phenoxy) is 2. The van der Waals surface area contributed by atoms with E-state index in [1.165, 1.54) is 0 Å². The molecule has 0 fully saturated rings. The first-order chi connectivity index (χ1) is 18.1. The van der Waals surface area contributed by atoms with E-state index in [0.717, 1.165) is 39.5 Å². The molecule has 188 valence electrons. The van der Waals surface area contributed by atoms with Crippen LogP contribution in [0.25, 0.3) is 17.0 Å². The number of hydrogen-bond donors (Lipinski definition) is 1. The lowest BCUT2D eigenvalue weighted by Gasteiger charge is -2.35. The molecular formula is C29H28N4O4. The molecule has 1 aliphatic heterocycles. The Morgan fingerprint density at radius 3 is 2.35 bits per heavy atom. The molecule has 1 atom stereocenters. The van der Waals surface area contributed by atoms with Gasteiger partial charge in [-0.2, -0.15) is 4.98 Å². The van der Waals surface area contributed by atoms with Crippen LogP contribution in [0, 0.1) is 0 Å². The fraction of sp³-hybridized carbons (Fsp3) is 0.207. The number of methoxy groups -OCH3 is 1. The van der Waals surface area contributed by atoms with Crippen LogP contribution in [0.5, 0.6) is 11.5 Å². The topological polar surface area (TPSA) is 89.7 Å². The third-order valence-electron chi connectivity index (χ3n) is 6.31. The summed E-state index contributed by atoms with van der Waals surface area (Å²) < 4.78 is 16.6. The summed E-state index contributed by atoms with van der Waals surface area (Å²) >= 11 is 0. The standard InChI is InChI=1S/C29H28N4O4/c1-4-36-24-14-10-20(11-15-24)18-33-19(2)25(28-31-27(32-37-28)22-8-6-5-7-9-22)26(30-29(33)34)21-12-16-23(35-3)17-13-21/h5-17,26H,4,18H2,1-3H3,(H,30,34). The summed E-state index contributed by atoms with van der Waals surface area (Å²) in [7, 11) is 1.62. The molecule has 2 amide bonds. The van der Waals surface area contributed by atoms with Crippen LogP contribution in [-0.4, -0.2) is 34.8 Å².